The van der Waals surface area contributed by atoms with E-state index in [0.29, 0.717) is 11.5 Å². The van der Waals surface area contributed by atoms with Gasteiger partial charge in [-0.3, -0.25) is 0 Å². The Balaban J connectivity index is 1.48. The minimum absolute atomic E-state index is 0.175. The number of aryl methyl sites for hydroxylation is 1. The zero-order valence-electron chi connectivity index (χ0n) is 15.7. The molecule has 1 aliphatic heterocycles. The third-order valence-electron chi connectivity index (χ3n) is 5.39. The van der Waals surface area contributed by atoms with Crippen molar-refractivity contribution in [2.45, 2.75) is 65.0 Å². The van der Waals surface area contributed by atoms with Gasteiger partial charge in [0, 0.05) is 29.8 Å². The van der Waals surface area contributed by atoms with Crippen LogP contribution in [0.3, 0.4) is 0 Å². The highest BCUT2D eigenvalue weighted by molar-refractivity contribution is 6.30. The molecule has 5 heteroatoms. The number of piperidine rings is 1. The predicted octanol–water partition coefficient (Wildman–Crippen LogP) is 5.24. The Bertz CT molecular complexity index is 638. The molecule has 0 radical (unpaired) electrons. The maximum atomic E-state index is 12.2. The molecule has 25 heavy (non-hydrogen) atoms. The fourth-order valence-corrected chi connectivity index (χ4v) is 4.13. The van der Waals surface area contributed by atoms with Crippen LogP contribution in [0.15, 0.2) is 18.2 Å². The van der Waals surface area contributed by atoms with Crippen molar-refractivity contribution in [2.24, 2.45) is 5.41 Å². The zero-order valence-corrected chi connectivity index (χ0v) is 16.4. The van der Waals surface area contributed by atoms with Crippen molar-refractivity contribution in [1.29, 1.82) is 0 Å². The SMILES string of the molecule is Cc1ccc(Cl)cc1NC1CC2(CCN(C(=O)OC(C)(C)C)CC2)C1. The fraction of sp³-hybridized carbons (Fsp3) is 0.650. The number of nitrogens with one attached hydrogen (secondary N) is 1. The van der Waals surface area contributed by atoms with Gasteiger partial charge in [0.25, 0.3) is 0 Å². The minimum atomic E-state index is -0.424. The minimum Gasteiger partial charge on any atom is -0.444 e. The molecule has 0 aromatic heterocycles. The smallest absolute Gasteiger partial charge is 0.410 e. The van der Waals surface area contributed by atoms with E-state index in [4.69, 9.17) is 16.3 Å². The molecule has 0 unspecified atom stereocenters. The Kier molecular flexibility index (Phi) is 4.93. The summed E-state index contributed by atoms with van der Waals surface area (Å²) in [7, 11) is 0. The molecule has 4 nitrogen and oxygen atoms in total. The van der Waals surface area contributed by atoms with Gasteiger partial charge in [-0.25, -0.2) is 4.79 Å². The molecule has 0 bridgehead atoms. The van der Waals surface area contributed by atoms with Crippen LogP contribution in [0.5, 0.6) is 0 Å². The van der Waals surface area contributed by atoms with E-state index in [9.17, 15) is 4.79 Å². The molecule has 1 spiro atoms. The summed E-state index contributed by atoms with van der Waals surface area (Å²) in [6.45, 7) is 9.45. The number of ether oxygens (including phenoxy) is 1. The van der Waals surface area contributed by atoms with E-state index in [0.717, 1.165) is 36.6 Å². The third kappa shape index (κ3) is 4.41. The lowest BCUT2D eigenvalue weighted by molar-refractivity contribution is -0.00860. The van der Waals surface area contributed by atoms with Gasteiger partial charge < -0.3 is 15.0 Å². The van der Waals surface area contributed by atoms with Gasteiger partial charge in [-0.05, 0) is 76.5 Å². The summed E-state index contributed by atoms with van der Waals surface area (Å²) in [6, 6.07) is 6.49. The Morgan fingerprint density at radius 3 is 2.52 bits per heavy atom. The van der Waals surface area contributed by atoms with Crippen LogP contribution in [-0.2, 0) is 4.74 Å². The lowest BCUT2D eigenvalue weighted by Crippen LogP contribution is -2.53. The highest BCUT2D eigenvalue weighted by atomic mass is 35.5. The van der Waals surface area contributed by atoms with Gasteiger partial charge in [-0.2, -0.15) is 0 Å². The molecule has 3 rings (SSSR count). The Morgan fingerprint density at radius 1 is 1.28 bits per heavy atom. The van der Waals surface area contributed by atoms with E-state index >= 15 is 0 Å². The molecule has 1 aromatic carbocycles. The number of amides is 1. The molecule has 1 amide bonds. The van der Waals surface area contributed by atoms with Crippen molar-refractivity contribution in [3.8, 4) is 0 Å². The summed E-state index contributed by atoms with van der Waals surface area (Å²) in [5.41, 5.74) is 2.33. The van der Waals surface area contributed by atoms with E-state index in [2.05, 4.69) is 18.3 Å². The lowest BCUT2D eigenvalue weighted by atomic mass is 9.60. The van der Waals surface area contributed by atoms with Gasteiger partial charge in [0.15, 0.2) is 0 Å². The second kappa shape index (κ2) is 6.71. The molecule has 0 atom stereocenters. The quantitative estimate of drug-likeness (QED) is 0.780. The van der Waals surface area contributed by atoms with Crippen LogP contribution in [-0.4, -0.2) is 35.7 Å². The van der Waals surface area contributed by atoms with Gasteiger partial charge in [0.05, 0.1) is 0 Å². The summed E-state index contributed by atoms with van der Waals surface area (Å²) in [4.78, 5) is 14.0. The van der Waals surface area contributed by atoms with Gasteiger partial charge >= 0.3 is 6.09 Å². The number of nitrogens with zero attached hydrogens (tertiary/aromatic N) is 1. The molecule has 1 N–H and O–H groups in total. The zero-order chi connectivity index (χ0) is 18.2. The van der Waals surface area contributed by atoms with Crippen LogP contribution in [0.2, 0.25) is 5.02 Å². The predicted molar refractivity (Wildman–Crippen MR) is 102 cm³/mol. The summed E-state index contributed by atoms with van der Waals surface area (Å²) < 4.78 is 5.48. The van der Waals surface area contributed by atoms with Crippen LogP contribution in [0.1, 0.15) is 52.0 Å². The Hall–Kier alpha value is -1.42. The molecule has 1 heterocycles. The molecular weight excluding hydrogens is 336 g/mol. The average Bonchev–Trinajstić information content (AvgIpc) is 2.48. The van der Waals surface area contributed by atoms with Crippen LogP contribution in [0, 0.1) is 12.3 Å². The second-order valence-corrected chi connectivity index (χ2v) is 9.11. The molecular formula is C20H29ClN2O2. The number of hydrogen-bond acceptors (Lipinski definition) is 3. The van der Waals surface area contributed by atoms with E-state index in [1.807, 2.05) is 37.8 Å². The van der Waals surface area contributed by atoms with E-state index in [1.165, 1.54) is 18.4 Å². The topological polar surface area (TPSA) is 41.6 Å². The average molecular weight is 365 g/mol. The Morgan fingerprint density at radius 2 is 1.92 bits per heavy atom. The number of carbonyl (C=O) groups is 1. The van der Waals surface area contributed by atoms with E-state index < -0.39 is 5.60 Å². The molecule has 1 aliphatic carbocycles. The van der Waals surface area contributed by atoms with Gasteiger partial charge in [-0.15, -0.1) is 0 Å². The Labute approximate surface area is 155 Å². The molecule has 138 valence electrons. The number of rotatable bonds is 2. The normalized spacial score (nSPS) is 20.3. The maximum Gasteiger partial charge on any atom is 0.410 e. The third-order valence-corrected chi connectivity index (χ3v) is 5.63. The highest BCUT2D eigenvalue weighted by Crippen LogP contribution is 2.50. The van der Waals surface area contributed by atoms with Crippen molar-refractivity contribution in [3.63, 3.8) is 0 Å². The standard InChI is InChI=1S/C20H29ClN2O2/c1-14-5-6-15(21)11-17(14)22-16-12-20(13-16)7-9-23(10-8-20)18(24)25-19(2,3)4/h5-6,11,16,22H,7-10,12-13H2,1-4H3. The number of hydrogen-bond donors (Lipinski definition) is 1. The first-order valence-electron chi connectivity index (χ1n) is 9.16. The van der Waals surface area contributed by atoms with Crippen LogP contribution < -0.4 is 5.32 Å². The van der Waals surface area contributed by atoms with Crippen LogP contribution in [0.25, 0.3) is 0 Å². The number of anilines is 1. The first-order chi connectivity index (χ1) is 11.7. The summed E-state index contributed by atoms with van der Waals surface area (Å²) in [5, 5.41) is 4.41. The fourth-order valence-electron chi connectivity index (χ4n) is 3.96. The van der Waals surface area contributed by atoms with Crippen molar-refractivity contribution in [3.05, 3.63) is 28.8 Å². The van der Waals surface area contributed by atoms with Crippen LogP contribution >= 0.6 is 11.6 Å². The first kappa shape index (κ1) is 18.4. The van der Waals surface area contributed by atoms with Crippen molar-refractivity contribution in [1.82, 2.24) is 4.90 Å². The monoisotopic (exact) mass is 364 g/mol. The number of carbonyl (C=O) groups excluding carboxylic acids is 1. The van der Waals surface area contributed by atoms with Crippen molar-refractivity contribution in [2.75, 3.05) is 18.4 Å². The van der Waals surface area contributed by atoms with Gasteiger partial charge in [0.2, 0.25) is 0 Å². The largest absolute Gasteiger partial charge is 0.444 e. The second-order valence-electron chi connectivity index (χ2n) is 8.68. The first-order valence-corrected chi connectivity index (χ1v) is 9.54. The number of likely N-dealkylation sites (tertiary alicyclic amines) is 1. The summed E-state index contributed by atoms with van der Waals surface area (Å²) >= 11 is 6.11. The number of halogens is 1. The lowest BCUT2D eigenvalue weighted by Gasteiger charge is -2.52. The molecule has 2 fully saturated rings. The van der Waals surface area contributed by atoms with Crippen molar-refractivity contribution >= 4 is 23.4 Å². The molecule has 2 aliphatic rings. The summed E-state index contributed by atoms with van der Waals surface area (Å²) in [5.74, 6) is 0. The molecule has 1 aromatic rings. The maximum absolute atomic E-state index is 12.2. The van der Waals surface area contributed by atoms with Crippen LogP contribution in [0.4, 0.5) is 10.5 Å². The molecule has 1 saturated carbocycles. The van der Waals surface area contributed by atoms with Crippen molar-refractivity contribution < 1.29 is 9.53 Å². The van der Waals surface area contributed by atoms with E-state index in [-0.39, 0.29) is 6.09 Å². The highest BCUT2D eigenvalue weighted by Gasteiger charge is 2.46. The molecule has 1 saturated heterocycles. The summed E-state index contributed by atoms with van der Waals surface area (Å²) in [6.07, 6.45) is 4.30. The van der Waals surface area contributed by atoms with E-state index in [1.54, 1.807) is 0 Å². The van der Waals surface area contributed by atoms with Gasteiger partial charge in [-0.1, -0.05) is 17.7 Å². The number of benzene rings is 1. The van der Waals surface area contributed by atoms with Gasteiger partial charge in [0.1, 0.15) is 5.60 Å².